The van der Waals surface area contributed by atoms with E-state index in [1.165, 1.54) is 23.4 Å². The predicted molar refractivity (Wildman–Crippen MR) is 99.7 cm³/mol. The zero-order chi connectivity index (χ0) is 19.5. The summed E-state index contributed by atoms with van der Waals surface area (Å²) in [4.78, 5) is 29.7. The number of aromatic nitrogens is 7. The number of carbonyl (C=O) groups excluding carboxylic acids is 1. The first-order valence-corrected chi connectivity index (χ1v) is 8.81. The molecule has 0 radical (unpaired) electrons. The Balaban J connectivity index is 1.64. The minimum atomic E-state index is -0.481. The maximum absolute atomic E-state index is 12.7. The average Bonchev–Trinajstić information content (AvgIpc) is 3.35. The summed E-state index contributed by atoms with van der Waals surface area (Å²) in [5.41, 5.74) is 1.97. The highest BCUT2D eigenvalue weighted by atomic mass is 32.1. The van der Waals surface area contributed by atoms with Crippen molar-refractivity contribution >= 4 is 22.4 Å². The van der Waals surface area contributed by atoms with E-state index in [1.54, 1.807) is 12.1 Å². The zero-order valence-corrected chi connectivity index (χ0v) is 15.3. The van der Waals surface area contributed by atoms with Crippen LogP contribution < -0.4 is 5.32 Å². The van der Waals surface area contributed by atoms with Gasteiger partial charge in [0.05, 0.1) is 11.9 Å². The number of thiazole rings is 1. The van der Waals surface area contributed by atoms with E-state index in [0.717, 1.165) is 17.0 Å². The van der Waals surface area contributed by atoms with Gasteiger partial charge in [-0.15, -0.1) is 5.10 Å². The van der Waals surface area contributed by atoms with Crippen LogP contribution >= 0.6 is 11.3 Å². The Morgan fingerprint density at radius 2 is 2.18 bits per heavy atom. The second-order valence-corrected chi connectivity index (χ2v) is 6.52. The minimum Gasteiger partial charge on any atom is -0.296 e. The summed E-state index contributed by atoms with van der Waals surface area (Å²) in [5.74, 6) is -0.0789. The van der Waals surface area contributed by atoms with E-state index in [2.05, 4.69) is 41.6 Å². The summed E-state index contributed by atoms with van der Waals surface area (Å²) in [6.07, 6.45) is 4.20. The maximum atomic E-state index is 12.7. The second-order valence-electron chi connectivity index (χ2n) is 5.53. The number of rotatable bonds is 4. The summed E-state index contributed by atoms with van der Waals surface area (Å²) < 4.78 is 1.29. The Morgan fingerprint density at radius 3 is 2.93 bits per heavy atom. The number of hydrogen-bond acceptors (Lipinski definition) is 9. The zero-order valence-electron chi connectivity index (χ0n) is 14.4. The van der Waals surface area contributed by atoms with Gasteiger partial charge in [0.2, 0.25) is 0 Å². The highest BCUT2D eigenvalue weighted by molar-refractivity contribution is 7.16. The minimum absolute atomic E-state index is 0.169. The van der Waals surface area contributed by atoms with Crippen molar-refractivity contribution in [3.63, 3.8) is 0 Å². The third kappa shape index (κ3) is 3.31. The number of hydrogen-bond donors (Lipinski definition) is 1. The Bertz CT molecular complexity index is 1190. The number of nitrogens with one attached hydrogen (secondary N) is 1. The van der Waals surface area contributed by atoms with Gasteiger partial charge in [-0.2, -0.15) is 9.94 Å². The summed E-state index contributed by atoms with van der Waals surface area (Å²) >= 11 is 1.07. The van der Waals surface area contributed by atoms with E-state index in [-0.39, 0.29) is 10.8 Å². The van der Waals surface area contributed by atoms with Gasteiger partial charge in [-0.25, -0.2) is 15.0 Å². The molecule has 0 bridgehead atoms. The molecule has 0 aliphatic rings. The molecule has 4 aromatic heterocycles. The monoisotopic (exact) mass is 389 g/mol. The van der Waals surface area contributed by atoms with Crippen molar-refractivity contribution in [1.29, 1.82) is 5.26 Å². The molecule has 0 saturated heterocycles. The van der Waals surface area contributed by atoms with Crippen LogP contribution in [0.2, 0.25) is 0 Å². The molecule has 0 atom stereocenters. The lowest BCUT2D eigenvalue weighted by Crippen LogP contribution is -2.17. The molecule has 4 rings (SSSR count). The molecule has 1 N–H and O–H groups in total. The highest BCUT2D eigenvalue weighted by Gasteiger charge is 2.20. The van der Waals surface area contributed by atoms with E-state index in [1.807, 2.05) is 19.1 Å². The van der Waals surface area contributed by atoms with Gasteiger partial charge < -0.3 is 0 Å². The number of pyridine rings is 1. The molecule has 0 saturated carbocycles. The average molecular weight is 389 g/mol. The molecule has 0 spiro atoms. The number of amides is 1. The van der Waals surface area contributed by atoms with Crippen molar-refractivity contribution < 1.29 is 4.79 Å². The standard InChI is InChI=1S/C17H11N9OS/c1-10-3-2-4-11(22-10)15-13(7-18)28-17(23-15)24-16(27)12-8-21-25-26(12)14-5-6-19-9-20-14/h2-6,8-9H,1H3,(H,23,24,27). The van der Waals surface area contributed by atoms with Gasteiger partial charge in [-0.3, -0.25) is 15.1 Å². The molecule has 10 nitrogen and oxygen atoms in total. The van der Waals surface area contributed by atoms with E-state index < -0.39 is 5.91 Å². The molecule has 0 fully saturated rings. The highest BCUT2D eigenvalue weighted by Crippen LogP contribution is 2.29. The molecule has 0 unspecified atom stereocenters. The topological polar surface area (TPSA) is 135 Å². The molecule has 136 valence electrons. The molecule has 0 aliphatic carbocycles. The van der Waals surface area contributed by atoms with Crippen LogP contribution in [0.4, 0.5) is 5.13 Å². The van der Waals surface area contributed by atoms with Crippen LogP contribution in [0.15, 0.2) is 43.0 Å². The SMILES string of the molecule is Cc1cccc(-c2nc(NC(=O)c3cnnn3-c3ccncn3)sc2C#N)n1. The Labute approximate surface area is 162 Å². The van der Waals surface area contributed by atoms with Crippen molar-refractivity contribution in [3.05, 3.63) is 59.3 Å². The van der Waals surface area contributed by atoms with Gasteiger partial charge in [0.25, 0.3) is 5.91 Å². The number of anilines is 1. The van der Waals surface area contributed by atoms with Gasteiger partial charge in [0, 0.05) is 18.0 Å². The summed E-state index contributed by atoms with van der Waals surface area (Å²) in [5, 5.41) is 20.0. The lowest BCUT2D eigenvalue weighted by atomic mass is 10.2. The first kappa shape index (κ1) is 17.4. The molecule has 11 heteroatoms. The van der Waals surface area contributed by atoms with Crippen molar-refractivity contribution in [2.75, 3.05) is 5.32 Å². The van der Waals surface area contributed by atoms with Crippen LogP contribution in [0.25, 0.3) is 17.2 Å². The summed E-state index contributed by atoms with van der Waals surface area (Å²) in [6, 6.07) is 9.15. The van der Waals surface area contributed by atoms with Gasteiger partial charge in [-0.1, -0.05) is 22.6 Å². The number of carbonyl (C=O) groups is 1. The van der Waals surface area contributed by atoms with Gasteiger partial charge in [-0.05, 0) is 19.1 Å². The summed E-state index contributed by atoms with van der Waals surface area (Å²) in [6.45, 7) is 1.85. The normalized spacial score (nSPS) is 10.4. The van der Waals surface area contributed by atoms with Crippen LogP contribution in [0.1, 0.15) is 21.1 Å². The first-order chi connectivity index (χ1) is 13.7. The van der Waals surface area contributed by atoms with Gasteiger partial charge >= 0.3 is 0 Å². The fourth-order valence-corrected chi connectivity index (χ4v) is 3.19. The largest absolute Gasteiger partial charge is 0.296 e. The number of aryl methyl sites for hydroxylation is 1. The molecule has 0 aromatic carbocycles. The Hall–Kier alpha value is -4.04. The molecular formula is C17H11N9OS. The first-order valence-electron chi connectivity index (χ1n) is 7.99. The molecule has 28 heavy (non-hydrogen) atoms. The van der Waals surface area contributed by atoms with Crippen LogP contribution in [0.5, 0.6) is 0 Å². The lowest BCUT2D eigenvalue weighted by molar-refractivity contribution is 0.101. The molecule has 4 aromatic rings. The fourth-order valence-electron chi connectivity index (χ4n) is 2.43. The molecule has 1 amide bonds. The second kappa shape index (κ2) is 7.29. The third-order valence-corrected chi connectivity index (χ3v) is 4.52. The van der Waals surface area contributed by atoms with Crippen molar-refractivity contribution in [2.24, 2.45) is 0 Å². The van der Waals surface area contributed by atoms with E-state index >= 15 is 0 Å². The number of nitrogens with zero attached hydrogens (tertiary/aromatic N) is 8. The van der Waals surface area contributed by atoms with E-state index in [9.17, 15) is 10.1 Å². The Morgan fingerprint density at radius 1 is 1.29 bits per heavy atom. The molecule has 0 aliphatic heterocycles. The summed E-state index contributed by atoms with van der Waals surface area (Å²) in [7, 11) is 0. The van der Waals surface area contributed by atoms with Crippen LogP contribution in [0, 0.1) is 18.3 Å². The quantitative estimate of drug-likeness (QED) is 0.560. The maximum Gasteiger partial charge on any atom is 0.277 e. The van der Waals surface area contributed by atoms with Crippen molar-refractivity contribution in [2.45, 2.75) is 6.92 Å². The van der Waals surface area contributed by atoms with E-state index in [4.69, 9.17) is 0 Å². The van der Waals surface area contributed by atoms with Crippen molar-refractivity contribution in [1.82, 2.24) is 34.9 Å². The van der Waals surface area contributed by atoms with E-state index in [0.29, 0.717) is 22.1 Å². The Kier molecular flexibility index (Phi) is 4.53. The number of nitriles is 1. The van der Waals surface area contributed by atoms with Crippen LogP contribution in [0.3, 0.4) is 0 Å². The smallest absolute Gasteiger partial charge is 0.277 e. The lowest BCUT2D eigenvalue weighted by Gasteiger charge is -2.04. The van der Waals surface area contributed by atoms with Gasteiger partial charge in [0.1, 0.15) is 23.0 Å². The fraction of sp³-hybridized carbons (Fsp3) is 0.0588. The third-order valence-electron chi connectivity index (χ3n) is 3.65. The van der Waals surface area contributed by atoms with Crippen LogP contribution in [-0.2, 0) is 0 Å². The van der Waals surface area contributed by atoms with Gasteiger partial charge in [0.15, 0.2) is 16.6 Å². The molecule has 4 heterocycles. The van der Waals surface area contributed by atoms with Crippen molar-refractivity contribution in [3.8, 4) is 23.3 Å². The molecular weight excluding hydrogens is 378 g/mol. The predicted octanol–water partition coefficient (Wildman–Crippen LogP) is 2.01. The van der Waals surface area contributed by atoms with Crippen LogP contribution in [-0.4, -0.2) is 40.8 Å².